The molecule has 2 aromatic carbocycles. The van der Waals surface area contributed by atoms with Crippen molar-refractivity contribution in [3.63, 3.8) is 0 Å². The quantitative estimate of drug-likeness (QED) is 0.792. The van der Waals surface area contributed by atoms with Crippen LogP contribution in [-0.4, -0.2) is 5.91 Å². The number of halogens is 1. The summed E-state index contributed by atoms with van der Waals surface area (Å²) in [6.07, 6.45) is 0. The first kappa shape index (κ1) is 13.0. The zero-order valence-electron chi connectivity index (χ0n) is 9.77. The molecule has 0 radical (unpaired) electrons. The summed E-state index contributed by atoms with van der Waals surface area (Å²) in [5.74, 6) is -0.235. The van der Waals surface area contributed by atoms with Gasteiger partial charge in [0.2, 0.25) is 0 Å². The van der Waals surface area contributed by atoms with Crippen molar-refractivity contribution < 1.29 is 4.79 Å². The molecule has 1 N–H and O–H groups in total. The van der Waals surface area contributed by atoms with Crippen LogP contribution in [0.1, 0.15) is 15.9 Å². The van der Waals surface area contributed by atoms with Crippen molar-refractivity contribution in [1.29, 1.82) is 0 Å². The molecule has 0 aliphatic heterocycles. The van der Waals surface area contributed by atoms with Gasteiger partial charge in [-0.15, -0.1) is 12.6 Å². The maximum absolute atomic E-state index is 12.1. The van der Waals surface area contributed by atoms with Gasteiger partial charge in [0.15, 0.2) is 0 Å². The molecule has 0 bridgehead atoms. The highest BCUT2D eigenvalue weighted by Crippen LogP contribution is 2.21. The molecule has 0 aliphatic rings. The van der Waals surface area contributed by atoms with Crippen molar-refractivity contribution >= 4 is 35.8 Å². The van der Waals surface area contributed by atoms with Crippen molar-refractivity contribution in [1.82, 2.24) is 0 Å². The van der Waals surface area contributed by atoms with Crippen LogP contribution in [0, 0.1) is 6.92 Å². The molecule has 0 heterocycles. The molecule has 4 heteroatoms. The van der Waals surface area contributed by atoms with Crippen molar-refractivity contribution in [2.75, 3.05) is 5.32 Å². The molecule has 1 amide bonds. The summed E-state index contributed by atoms with van der Waals surface area (Å²) in [7, 11) is 0. The zero-order valence-corrected chi connectivity index (χ0v) is 11.4. The minimum Gasteiger partial charge on any atom is -0.322 e. The van der Waals surface area contributed by atoms with E-state index < -0.39 is 0 Å². The Morgan fingerprint density at radius 3 is 2.72 bits per heavy atom. The van der Waals surface area contributed by atoms with Crippen molar-refractivity contribution in [3.05, 3.63) is 58.6 Å². The summed E-state index contributed by atoms with van der Waals surface area (Å²) in [6, 6.07) is 12.7. The van der Waals surface area contributed by atoms with Gasteiger partial charge in [-0.2, -0.15) is 0 Å². The summed E-state index contributed by atoms with van der Waals surface area (Å²) < 4.78 is 0. The van der Waals surface area contributed by atoms with E-state index in [0.717, 1.165) is 11.3 Å². The SMILES string of the molecule is Cc1cccc(NC(=O)c2cc(S)ccc2Cl)c1. The summed E-state index contributed by atoms with van der Waals surface area (Å²) in [4.78, 5) is 12.8. The lowest BCUT2D eigenvalue weighted by atomic mass is 10.2. The molecule has 92 valence electrons. The predicted octanol–water partition coefficient (Wildman–Crippen LogP) is 4.19. The third-order valence-corrected chi connectivity index (χ3v) is 3.08. The van der Waals surface area contributed by atoms with Gasteiger partial charge in [-0.05, 0) is 42.8 Å². The number of carbonyl (C=O) groups is 1. The van der Waals surface area contributed by atoms with E-state index in [4.69, 9.17) is 11.6 Å². The average molecular weight is 278 g/mol. The minimum absolute atomic E-state index is 0.235. The fraction of sp³-hybridized carbons (Fsp3) is 0.0714. The number of aryl methyl sites for hydroxylation is 1. The second-order valence-corrected chi connectivity index (χ2v) is 4.91. The lowest BCUT2D eigenvalue weighted by molar-refractivity contribution is 0.102. The van der Waals surface area contributed by atoms with E-state index in [1.807, 2.05) is 31.2 Å². The Balaban J connectivity index is 2.24. The number of amides is 1. The summed E-state index contributed by atoms with van der Waals surface area (Å²) in [5, 5.41) is 3.22. The minimum atomic E-state index is -0.235. The summed E-state index contributed by atoms with van der Waals surface area (Å²) in [5.41, 5.74) is 2.26. The number of anilines is 1. The maximum Gasteiger partial charge on any atom is 0.257 e. The van der Waals surface area contributed by atoms with E-state index in [0.29, 0.717) is 15.5 Å². The van der Waals surface area contributed by atoms with Crippen molar-refractivity contribution in [2.45, 2.75) is 11.8 Å². The largest absolute Gasteiger partial charge is 0.322 e. The molecule has 18 heavy (non-hydrogen) atoms. The molecule has 0 saturated heterocycles. The zero-order chi connectivity index (χ0) is 13.1. The Kier molecular flexibility index (Phi) is 3.94. The lowest BCUT2D eigenvalue weighted by Gasteiger charge is -2.08. The standard InChI is InChI=1S/C14H12ClNOS/c1-9-3-2-4-10(7-9)16-14(17)12-8-11(18)5-6-13(12)15/h2-8,18H,1H3,(H,16,17). The van der Waals surface area contributed by atoms with Gasteiger partial charge in [0, 0.05) is 10.6 Å². The van der Waals surface area contributed by atoms with Crippen LogP contribution in [0.15, 0.2) is 47.4 Å². The Hall–Kier alpha value is -1.45. The van der Waals surface area contributed by atoms with Gasteiger partial charge < -0.3 is 5.32 Å². The number of hydrogen-bond acceptors (Lipinski definition) is 2. The van der Waals surface area contributed by atoms with Crippen LogP contribution in [0.2, 0.25) is 5.02 Å². The maximum atomic E-state index is 12.1. The highest BCUT2D eigenvalue weighted by atomic mass is 35.5. The monoisotopic (exact) mass is 277 g/mol. The van der Waals surface area contributed by atoms with Gasteiger partial charge in [-0.1, -0.05) is 23.7 Å². The molecule has 0 fully saturated rings. The van der Waals surface area contributed by atoms with Gasteiger partial charge >= 0.3 is 0 Å². The van der Waals surface area contributed by atoms with E-state index in [9.17, 15) is 4.79 Å². The van der Waals surface area contributed by atoms with E-state index in [-0.39, 0.29) is 5.91 Å². The third-order valence-electron chi connectivity index (χ3n) is 2.47. The van der Waals surface area contributed by atoms with Crippen LogP contribution >= 0.6 is 24.2 Å². The molecule has 0 aliphatic carbocycles. The molecular formula is C14H12ClNOS. The molecule has 2 nitrogen and oxygen atoms in total. The Labute approximate surface area is 116 Å². The molecule has 0 spiro atoms. The number of benzene rings is 2. The fourth-order valence-corrected chi connectivity index (χ4v) is 2.02. The Bertz CT molecular complexity index is 598. The highest BCUT2D eigenvalue weighted by molar-refractivity contribution is 7.80. The van der Waals surface area contributed by atoms with Crippen LogP contribution in [0.25, 0.3) is 0 Å². The first-order valence-electron chi connectivity index (χ1n) is 5.43. The van der Waals surface area contributed by atoms with Crippen molar-refractivity contribution in [3.8, 4) is 0 Å². The van der Waals surface area contributed by atoms with Gasteiger partial charge in [0.1, 0.15) is 0 Å². The smallest absolute Gasteiger partial charge is 0.257 e. The van der Waals surface area contributed by atoms with E-state index >= 15 is 0 Å². The lowest BCUT2D eigenvalue weighted by Crippen LogP contribution is -2.12. The number of thiol groups is 1. The second-order valence-electron chi connectivity index (χ2n) is 3.99. The molecule has 0 atom stereocenters. The van der Waals surface area contributed by atoms with Crippen LogP contribution in [-0.2, 0) is 0 Å². The van der Waals surface area contributed by atoms with E-state index in [1.165, 1.54) is 0 Å². The predicted molar refractivity (Wildman–Crippen MR) is 77.8 cm³/mol. The first-order valence-corrected chi connectivity index (χ1v) is 6.25. The van der Waals surface area contributed by atoms with Gasteiger partial charge in [0.05, 0.1) is 10.6 Å². The van der Waals surface area contributed by atoms with E-state index in [1.54, 1.807) is 18.2 Å². The molecular weight excluding hydrogens is 266 g/mol. The van der Waals surface area contributed by atoms with Gasteiger partial charge in [-0.3, -0.25) is 4.79 Å². The molecule has 2 rings (SSSR count). The topological polar surface area (TPSA) is 29.1 Å². The molecule has 0 aromatic heterocycles. The van der Waals surface area contributed by atoms with Crippen LogP contribution in [0.5, 0.6) is 0 Å². The number of carbonyl (C=O) groups excluding carboxylic acids is 1. The Morgan fingerprint density at radius 2 is 2.00 bits per heavy atom. The fourth-order valence-electron chi connectivity index (χ4n) is 1.61. The van der Waals surface area contributed by atoms with Crippen LogP contribution in [0.4, 0.5) is 5.69 Å². The highest BCUT2D eigenvalue weighted by Gasteiger charge is 2.10. The molecule has 0 saturated carbocycles. The second kappa shape index (κ2) is 5.46. The summed E-state index contributed by atoms with van der Waals surface area (Å²) >= 11 is 10.2. The normalized spacial score (nSPS) is 10.2. The van der Waals surface area contributed by atoms with E-state index in [2.05, 4.69) is 17.9 Å². The van der Waals surface area contributed by atoms with Gasteiger partial charge in [-0.25, -0.2) is 0 Å². The van der Waals surface area contributed by atoms with Crippen LogP contribution in [0.3, 0.4) is 0 Å². The third kappa shape index (κ3) is 3.06. The molecule has 2 aromatic rings. The van der Waals surface area contributed by atoms with Crippen LogP contribution < -0.4 is 5.32 Å². The first-order chi connectivity index (χ1) is 8.56. The average Bonchev–Trinajstić information content (AvgIpc) is 2.32. The number of rotatable bonds is 2. The number of nitrogens with one attached hydrogen (secondary N) is 1. The van der Waals surface area contributed by atoms with Gasteiger partial charge in [0.25, 0.3) is 5.91 Å². The Morgan fingerprint density at radius 1 is 1.22 bits per heavy atom. The number of hydrogen-bond donors (Lipinski definition) is 2. The summed E-state index contributed by atoms with van der Waals surface area (Å²) in [6.45, 7) is 1.97. The van der Waals surface area contributed by atoms with Crippen molar-refractivity contribution in [2.24, 2.45) is 0 Å². The molecule has 0 unspecified atom stereocenters.